The number of carbonyl (C=O) groups excluding carboxylic acids is 2. The minimum Gasteiger partial charge on any atom is -0.469 e. The number of nitrogens with one attached hydrogen (secondary N) is 1. The van der Waals surface area contributed by atoms with Crippen molar-refractivity contribution in [3.05, 3.63) is 24.3 Å². The van der Waals surface area contributed by atoms with Crippen molar-refractivity contribution >= 4 is 12.1 Å². The Morgan fingerprint density at radius 2 is 1.50 bits per heavy atom. The minimum absolute atomic E-state index is 0.280. The molecule has 0 bridgehead atoms. The Bertz CT molecular complexity index is 495. The molecule has 0 heterocycles. The number of hydrogen-bond donors (Lipinski definition) is 1. The number of hydrogen-bond acceptors (Lipinski definition) is 4. The normalized spacial score (nSPS) is 30.4. The lowest BCUT2D eigenvalue weighted by atomic mass is 9.58. The topological polar surface area (TPSA) is 64.6 Å². The first-order valence-corrected chi connectivity index (χ1v) is 7.64. The summed E-state index contributed by atoms with van der Waals surface area (Å²) >= 11 is 0. The van der Waals surface area contributed by atoms with Gasteiger partial charge in [0, 0.05) is 0 Å². The van der Waals surface area contributed by atoms with E-state index in [0.717, 1.165) is 0 Å². The van der Waals surface area contributed by atoms with Gasteiger partial charge < -0.3 is 14.8 Å². The summed E-state index contributed by atoms with van der Waals surface area (Å²) in [5.41, 5.74) is -2.03. The summed E-state index contributed by atoms with van der Waals surface area (Å²) in [5, 5.41) is 2.98. The van der Waals surface area contributed by atoms with Crippen LogP contribution in [0, 0.1) is 5.41 Å². The Kier molecular flexibility index (Phi) is 4.36. The molecule has 0 atom stereocenters. The van der Waals surface area contributed by atoms with Crippen molar-refractivity contribution in [2.45, 2.75) is 57.6 Å². The van der Waals surface area contributed by atoms with Crippen molar-refractivity contribution in [1.29, 1.82) is 0 Å². The molecule has 22 heavy (non-hydrogen) atoms. The van der Waals surface area contributed by atoms with E-state index >= 15 is 0 Å². The fourth-order valence-corrected chi connectivity index (χ4v) is 3.36. The summed E-state index contributed by atoms with van der Waals surface area (Å²) < 4.78 is 10.5. The van der Waals surface area contributed by atoms with E-state index in [4.69, 9.17) is 9.47 Å². The molecule has 1 amide bonds. The van der Waals surface area contributed by atoms with Gasteiger partial charge in [0.05, 0.1) is 18.1 Å². The van der Waals surface area contributed by atoms with Crippen LogP contribution in [0.4, 0.5) is 4.79 Å². The molecular formula is C17H25NO4. The van der Waals surface area contributed by atoms with Crippen LogP contribution in [0.3, 0.4) is 0 Å². The molecule has 0 fully saturated rings. The number of fused-ring (bicyclic) bond motifs is 1. The molecule has 0 aromatic heterocycles. The second-order valence-corrected chi connectivity index (χ2v) is 7.04. The van der Waals surface area contributed by atoms with Crippen LogP contribution in [0.25, 0.3) is 0 Å². The number of rotatable bonds is 2. The summed E-state index contributed by atoms with van der Waals surface area (Å²) in [4.78, 5) is 24.8. The molecule has 0 aliphatic heterocycles. The van der Waals surface area contributed by atoms with Crippen molar-refractivity contribution < 1.29 is 19.1 Å². The van der Waals surface area contributed by atoms with Crippen LogP contribution >= 0.6 is 0 Å². The van der Waals surface area contributed by atoms with Crippen LogP contribution in [0.5, 0.6) is 0 Å². The molecule has 0 radical (unpaired) electrons. The van der Waals surface area contributed by atoms with Crippen LogP contribution in [0.1, 0.15) is 46.5 Å². The molecule has 0 saturated heterocycles. The zero-order valence-corrected chi connectivity index (χ0v) is 13.8. The van der Waals surface area contributed by atoms with Gasteiger partial charge in [-0.05, 0) is 46.5 Å². The van der Waals surface area contributed by atoms with E-state index < -0.39 is 22.6 Å². The first-order chi connectivity index (χ1) is 10.2. The van der Waals surface area contributed by atoms with Gasteiger partial charge in [0.2, 0.25) is 0 Å². The van der Waals surface area contributed by atoms with Crippen molar-refractivity contribution in [2.24, 2.45) is 5.41 Å². The van der Waals surface area contributed by atoms with Crippen LogP contribution in [-0.4, -0.2) is 30.3 Å². The fourth-order valence-electron chi connectivity index (χ4n) is 3.36. The Balaban J connectivity index is 2.34. The number of carbonyl (C=O) groups is 2. The lowest BCUT2D eigenvalue weighted by Crippen LogP contribution is -2.65. The van der Waals surface area contributed by atoms with Crippen molar-refractivity contribution in [1.82, 2.24) is 5.32 Å². The quantitative estimate of drug-likeness (QED) is 0.629. The number of esters is 1. The zero-order chi connectivity index (χ0) is 16.4. The smallest absolute Gasteiger partial charge is 0.408 e. The molecule has 0 unspecified atom stereocenters. The average Bonchev–Trinajstić information content (AvgIpc) is 2.43. The Labute approximate surface area is 131 Å². The monoisotopic (exact) mass is 307 g/mol. The van der Waals surface area contributed by atoms with Crippen molar-refractivity contribution in [3.63, 3.8) is 0 Å². The fraction of sp³-hybridized carbons (Fsp3) is 0.647. The van der Waals surface area contributed by atoms with Crippen LogP contribution in [-0.2, 0) is 14.3 Å². The van der Waals surface area contributed by atoms with Gasteiger partial charge in [-0.1, -0.05) is 24.3 Å². The lowest BCUT2D eigenvalue weighted by Gasteiger charge is -2.51. The molecular weight excluding hydrogens is 282 g/mol. The Hall–Kier alpha value is -1.78. The third kappa shape index (κ3) is 2.89. The molecule has 2 aliphatic rings. The van der Waals surface area contributed by atoms with Gasteiger partial charge in [-0.3, -0.25) is 4.79 Å². The highest BCUT2D eigenvalue weighted by molar-refractivity contribution is 5.82. The van der Waals surface area contributed by atoms with E-state index in [-0.39, 0.29) is 5.97 Å². The number of allylic oxidation sites excluding steroid dienone is 2. The molecule has 2 aliphatic carbocycles. The SMILES string of the molecule is COC(=O)C12CC=CCC1(NC(=O)OC(C)(C)C)CC=CC2. The Morgan fingerprint density at radius 1 is 1.00 bits per heavy atom. The van der Waals surface area contributed by atoms with Gasteiger partial charge in [-0.15, -0.1) is 0 Å². The van der Waals surface area contributed by atoms with Gasteiger partial charge >= 0.3 is 12.1 Å². The van der Waals surface area contributed by atoms with Crippen LogP contribution < -0.4 is 5.32 Å². The van der Waals surface area contributed by atoms with E-state index in [1.165, 1.54) is 7.11 Å². The number of alkyl carbamates (subject to hydrolysis) is 1. The highest BCUT2D eigenvalue weighted by Gasteiger charge is 2.58. The van der Waals surface area contributed by atoms with Gasteiger partial charge in [0.15, 0.2) is 0 Å². The average molecular weight is 307 g/mol. The summed E-state index contributed by atoms with van der Waals surface area (Å²) in [7, 11) is 1.39. The first-order valence-electron chi connectivity index (χ1n) is 7.64. The molecule has 0 aromatic carbocycles. The third-order valence-electron chi connectivity index (χ3n) is 4.43. The van der Waals surface area contributed by atoms with E-state index in [9.17, 15) is 9.59 Å². The van der Waals surface area contributed by atoms with Crippen LogP contribution in [0.2, 0.25) is 0 Å². The maximum absolute atomic E-state index is 12.5. The van der Waals surface area contributed by atoms with Gasteiger partial charge in [-0.25, -0.2) is 4.79 Å². The minimum atomic E-state index is -0.762. The highest BCUT2D eigenvalue weighted by atomic mass is 16.6. The van der Waals surface area contributed by atoms with E-state index in [1.807, 2.05) is 45.1 Å². The number of amides is 1. The number of methoxy groups -OCH3 is 1. The number of ether oxygens (including phenoxy) is 2. The van der Waals surface area contributed by atoms with Gasteiger partial charge in [-0.2, -0.15) is 0 Å². The Morgan fingerprint density at radius 3 is 1.95 bits per heavy atom. The summed E-state index contributed by atoms with van der Waals surface area (Å²) in [6.45, 7) is 5.46. The maximum atomic E-state index is 12.5. The maximum Gasteiger partial charge on any atom is 0.408 e. The van der Waals surface area contributed by atoms with Crippen LogP contribution in [0.15, 0.2) is 24.3 Å². The van der Waals surface area contributed by atoms with E-state index in [2.05, 4.69) is 5.32 Å². The molecule has 0 aromatic rings. The zero-order valence-electron chi connectivity index (χ0n) is 13.8. The molecule has 5 nitrogen and oxygen atoms in total. The summed E-state index contributed by atoms with van der Waals surface area (Å²) in [6, 6.07) is 0. The molecule has 0 saturated carbocycles. The second-order valence-electron chi connectivity index (χ2n) is 7.04. The molecule has 122 valence electrons. The van der Waals surface area contributed by atoms with E-state index in [0.29, 0.717) is 25.7 Å². The third-order valence-corrected chi connectivity index (χ3v) is 4.43. The lowest BCUT2D eigenvalue weighted by molar-refractivity contribution is -0.159. The summed E-state index contributed by atoms with van der Waals surface area (Å²) in [5.74, 6) is -0.280. The molecule has 2 rings (SSSR count). The van der Waals surface area contributed by atoms with Gasteiger partial charge in [0.1, 0.15) is 5.60 Å². The molecule has 1 N–H and O–H groups in total. The predicted molar refractivity (Wildman–Crippen MR) is 83.3 cm³/mol. The summed E-state index contributed by atoms with van der Waals surface area (Å²) in [6.07, 6.45) is 9.80. The first kappa shape index (κ1) is 16.6. The molecule has 5 heteroatoms. The largest absolute Gasteiger partial charge is 0.469 e. The highest BCUT2D eigenvalue weighted by Crippen LogP contribution is 2.50. The van der Waals surface area contributed by atoms with Crippen molar-refractivity contribution in [3.8, 4) is 0 Å². The standard InChI is InChI=1S/C17H25NO4/c1-15(2,3)22-14(20)18-17-11-7-5-9-16(17,13(19)21-4)10-6-8-12-17/h5-8H,9-12H2,1-4H3,(H,18,20). The van der Waals surface area contributed by atoms with Gasteiger partial charge in [0.25, 0.3) is 0 Å². The van der Waals surface area contributed by atoms with E-state index in [1.54, 1.807) is 0 Å². The van der Waals surface area contributed by atoms with Crippen molar-refractivity contribution in [2.75, 3.05) is 7.11 Å². The predicted octanol–water partition coefficient (Wildman–Crippen LogP) is 3.11. The molecule has 0 spiro atoms. The second kappa shape index (κ2) is 5.78.